The average molecular weight is 438 g/mol. The minimum absolute atomic E-state index is 0.122. The van der Waals surface area contributed by atoms with E-state index in [0.29, 0.717) is 19.0 Å². The van der Waals surface area contributed by atoms with E-state index in [4.69, 9.17) is 14.7 Å². The molecule has 1 aromatic carbocycles. The summed E-state index contributed by atoms with van der Waals surface area (Å²) < 4.78 is 5.27. The van der Waals surface area contributed by atoms with Crippen molar-refractivity contribution >= 4 is 11.7 Å². The van der Waals surface area contributed by atoms with Crippen LogP contribution in [0.4, 0.5) is 5.82 Å². The highest BCUT2D eigenvalue weighted by Crippen LogP contribution is 2.32. The lowest BCUT2D eigenvalue weighted by molar-refractivity contribution is -0.137. The molecule has 172 valence electrons. The van der Waals surface area contributed by atoms with Crippen molar-refractivity contribution in [1.29, 1.82) is 0 Å². The van der Waals surface area contributed by atoms with Gasteiger partial charge in [0.1, 0.15) is 17.4 Å². The molecule has 0 spiro atoms. The minimum Gasteiger partial charge on any atom is -0.497 e. The molecule has 1 saturated heterocycles. The van der Waals surface area contributed by atoms with Crippen molar-refractivity contribution in [3.05, 3.63) is 46.9 Å². The maximum atomic E-state index is 13.6. The van der Waals surface area contributed by atoms with Crippen molar-refractivity contribution in [2.24, 2.45) is 0 Å². The first-order chi connectivity index (χ1) is 15.3. The molecule has 0 aliphatic carbocycles. The molecule has 1 fully saturated rings. The first-order valence-electron chi connectivity index (χ1n) is 11.5. The summed E-state index contributed by atoms with van der Waals surface area (Å²) in [5.41, 5.74) is 2.49. The van der Waals surface area contributed by atoms with Gasteiger partial charge in [-0.15, -0.1) is 0 Å². The van der Waals surface area contributed by atoms with E-state index in [1.54, 1.807) is 7.11 Å². The number of amides is 1. The summed E-state index contributed by atoms with van der Waals surface area (Å²) in [6.45, 7) is 7.30. The Kier molecular flexibility index (Phi) is 6.38. The molecule has 2 aromatic rings. The zero-order valence-corrected chi connectivity index (χ0v) is 19.9. The summed E-state index contributed by atoms with van der Waals surface area (Å²) in [5.74, 6) is 3.08. The van der Waals surface area contributed by atoms with Crippen LogP contribution in [0.1, 0.15) is 55.3 Å². The fourth-order valence-corrected chi connectivity index (χ4v) is 4.92. The Labute approximate surface area is 191 Å². The van der Waals surface area contributed by atoms with E-state index in [2.05, 4.69) is 17.3 Å². The third-order valence-electron chi connectivity index (χ3n) is 6.94. The van der Waals surface area contributed by atoms with Gasteiger partial charge in [-0.3, -0.25) is 4.79 Å². The summed E-state index contributed by atoms with van der Waals surface area (Å²) in [4.78, 5) is 27.8. The second-order valence-corrected chi connectivity index (χ2v) is 9.54. The number of carbonyl (C=O) groups excluding carboxylic acids is 1. The molecule has 2 aliphatic heterocycles. The monoisotopic (exact) mass is 437 g/mol. The van der Waals surface area contributed by atoms with Crippen LogP contribution < -0.4 is 10.1 Å². The molecule has 32 heavy (non-hydrogen) atoms. The van der Waals surface area contributed by atoms with Gasteiger partial charge in [0.2, 0.25) is 5.91 Å². The van der Waals surface area contributed by atoms with Crippen LogP contribution in [-0.2, 0) is 23.2 Å². The van der Waals surface area contributed by atoms with Crippen molar-refractivity contribution < 1.29 is 9.53 Å². The van der Waals surface area contributed by atoms with Gasteiger partial charge in [0.15, 0.2) is 0 Å². The first-order valence-corrected chi connectivity index (χ1v) is 11.5. The number of hydrogen-bond donors (Lipinski definition) is 1. The van der Waals surface area contributed by atoms with E-state index in [9.17, 15) is 4.79 Å². The quantitative estimate of drug-likeness (QED) is 0.775. The number of nitrogens with zero attached hydrogens (tertiary/aromatic N) is 4. The number of benzene rings is 1. The fraction of sp³-hybridized carbons (Fsp3) is 0.560. The van der Waals surface area contributed by atoms with Crippen molar-refractivity contribution in [3.8, 4) is 5.75 Å². The molecule has 0 saturated carbocycles. The first kappa shape index (κ1) is 22.5. The van der Waals surface area contributed by atoms with Crippen LogP contribution in [0.3, 0.4) is 0 Å². The number of rotatable bonds is 5. The lowest BCUT2D eigenvalue weighted by Crippen LogP contribution is -2.46. The molecule has 0 bridgehead atoms. The second kappa shape index (κ2) is 9.06. The van der Waals surface area contributed by atoms with E-state index >= 15 is 0 Å². The molecule has 1 N–H and O–H groups in total. The van der Waals surface area contributed by atoms with E-state index in [-0.39, 0.29) is 5.91 Å². The van der Waals surface area contributed by atoms with E-state index in [1.807, 2.05) is 50.1 Å². The molecule has 3 heterocycles. The highest BCUT2D eigenvalue weighted by atomic mass is 16.5. The molecule has 7 heteroatoms. The van der Waals surface area contributed by atoms with Gasteiger partial charge in [-0.05, 0) is 64.4 Å². The van der Waals surface area contributed by atoms with Crippen LogP contribution >= 0.6 is 0 Å². The van der Waals surface area contributed by atoms with E-state index < -0.39 is 5.41 Å². The summed E-state index contributed by atoms with van der Waals surface area (Å²) in [7, 11) is 5.73. The van der Waals surface area contributed by atoms with Gasteiger partial charge in [-0.25, -0.2) is 9.97 Å². The zero-order valence-electron chi connectivity index (χ0n) is 19.9. The second-order valence-electron chi connectivity index (χ2n) is 9.54. The Hall–Kier alpha value is -2.67. The van der Waals surface area contributed by atoms with Crippen LogP contribution in [0.5, 0.6) is 5.75 Å². The molecular formula is C25H35N5O2. The number of nitrogens with one attached hydrogen (secondary N) is 1. The van der Waals surface area contributed by atoms with Gasteiger partial charge in [-0.2, -0.15) is 0 Å². The Bertz CT molecular complexity index is 973. The van der Waals surface area contributed by atoms with Gasteiger partial charge in [0.05, 0.1) is 24.8 Å². The maximum Gasteiger partial charge on any atom is 0.233 e. The van der Waals surface area contributed by atoms with Crippen molar-refractivity contribution in [3.63, 3.8) is 0 Å². The number of likely N-dealkylation sites (N-methyl/N-ethyl adjacent to an activating group) is 1. The molecular weight excluding hydrogens is 402 g/mol. The molecule has 0 radical (unpaired) electrons. The predicted molar refractivity (Wildman–Crippen MR) is 126 cm³/mol. The standard InChI is InChI=1S/C25H35N5O2/c1-25(2,18-8-10-19(32-5)11-9-18)24(31)30-14-12-20-21(16-30)27-22(28-23(20)26-3)17-7-6-13-29(4)15-17/h8-11,17H,6-7,12-16H2,1-5H3,(H,26,27,28). The predicted octanol–water partition coefficient (Wildman–Crippen LogP) is 3.20. The number of likely N-dealkylation sites (tertiary alicyclic amines) is 1. The maximum absolute atomic E-state index is 13.6. The molecule has 4 rings (SSSR count). The Balaban J connectivity index is 1.58. The highest BCUT2D eigenvalue weighted by Gasteiger charge is 2.36. The van der Waals surface area contributed by atoms with E-state index in [1.165, 1.54) is 0 Å². The lowest BCUT2D eigenvalue weighted by atomic mass is 9.82. The van der Waals surface area contributed by atoms with Gasteiger partial charge in [-0.1, -0.05) is 12.1 Å². The minimum atomic E-state index is -0.627. The third-order valence-corrected chi connectivity index (χ3v) is 6.94. The molecule has 7 nitrogen and oxygen atoms in total. The van der Waals surface area contributed by atoms with Crippen molar-refractivity contribution in [2.75, 3.05) is 46.2 Å². The number of ether oxygens (including phenoxy) is 1. The van der Waals surface area contributed by atoms with Crippen LogP contribution in [0.15, 0.2) is 24.3 Å². The molecule has 1 atom stereocenters. The number of aromatic nitrogens is 2. The molecule has 1 amide bonds. The summed E-state index contributed by atoms with van der Waals surface area (Å²) in [6, 6.07) is 7.78. The van der Waals surface area contributed by atoms with Crippen LogP contribution in [0.25, 0.3) is 0 Å². The van der Waals surface area contributed by atoms with Gasteiger partial charge < -0.3 is 19.9 Å². The molecule has 2 aliphatic rings. The smallest absolute Gasteiger partial charge is 0.233 e. The number of carbonyl (C=O) groups is 1. The lowest BCUT2D eigenvalue weighted by Gasteiger charge is -2.36. The van der Waals surface area contributed by atoms with Crippen LogP contribution in [-0.4, -0.2) is 66.5 Å². The summed E-state index contributed by atoms with van der Waals surface area (Å²) in [5, 5.41) is 3.28. The molecule has 1 unspecified atom stereocenters. The number of hydrogen-bond acceptors (Lipinski definition) is 6. The average Bonchev–Trinajstić information content (AvgIpc) is 2.82. The van der Waals surface area contributed by atoms with Crippen LogP contribution in [0, 0.1) is 0 Å². The van der Waals surface area contributed by atoms with E-state index in [0.717, 1.165) is 66.6 Å². The SMILES string of the molecule is CNc1nc(C2CCCN(C)C2)nc2c1CCN(C(=O)C(C)(C)c1ccc(OC)cc1)C2. The Morgan fingerprint density at radius 3 is 2.59 bits per heavy atom. The van der Waals surface area contributed by atoms with Crippen molar-refractivity contribution in [2.45, 2.75) is 51.0 Å². The normalized spacial score (nSPS) is 19.4. The largest absolute Gasteiger partial charge is 0.497 e. The number of methoxy groups -OCH3 is 1. The van der Waals surface area contributed by atoms with Gasteiger partial charge in [0.25, 0.3) is 0 Å². The van der Waals surface area contributed by atoms with Crippen LogP contribution in [0.2, 0.25) is 0 Å². The topological polar surface area (TPSA) is 70.6 Å². The third kappa shape index (κ3) is 4.31. The fourth-order valence-electron chi connectivity index (χ4n) is 4.92. The molecule has 1 aromatic heterocycles. The van der Waals surface area contributed by atoms with Crippen molar-refractivity contribution in [1.82, 2.24) is 19.8 Å². The summed E-state index contributed by atoms with van der Waals surface area (Å²) in [6.07, 6.45) is 3.04. The number of piperidine rings is 1. The van der Waals surface area contributed by atoms with Gasteiger partial charge in [0, 0.05) is 31.6 Å². The number of fused-ring (bicyclic) bond motifs is 1. The summed E-state index contributed by atoms with van der Waals surface area (Å²) >= 11 is 0. The Morgan fingerprint density at radius 1 is 1.19 bits per heavy atom. The Morgan fingerprint density at radius 2 is 1.94 bits per heavy atom. The zero-order chi connectivity index (χ0) is 22.9. The van der Waals surface area contributed by atoms with Gasteiger partial charge >= 0.3 is 0 Å². The highest BCUT2D eigenvalue weighted by molar-refractivity contribution is 5.87. The number of anilines is 1.